The van der Waals surface area contributed by atoms with E-state index in [1.54, 1.807) is 0 Å². The Morgan fingerprint density at radius 1 is 1.33 bits per heavy atom. The van der Waals surface area contributed by atoms with Crippen LogP contribution in [0.5, 0.6) is 0 Å². The van der Waals surface area contributed by atoms with E-state index >= 15 is 0 Å². The van der Waals surface area contributed by atoms with Gasteiger partial charge in [-0.25, -0.2) is 0 Å². The van der Waals surface area contributed by atoms with Crippen LogP contribution >= 0.6 is 11.6 Å². The Morgan fingerprint density at radius 2 is 2.06 bits per heavy atom. The summed E-state index contributed by atoms with van der Waals surface area (Å²) in [5.74, 6) is 0. The minimum Gasteiger partial charge on any atom is -0.361 e. The van der Waals surface area contributed by atoms with Gasteiger partial charge in [-0.3, -0.25) is 0 Å². The van der Waals surface area contributed by atoms with Gasteiger partial charge in [-0.05, 0) is 37.0 Å². The number of rotatable bonds is 2. The number of aromatic amines is 1. The molecule has 0 amide bonds. The average Bonchev–Trinajstić information content (AvgIpc) is 3.01. The molecule has 1 aromatic carbocycles. The number of hydrogen-bond acceptors (Lipinski definition) is 1. The maximum atomic E-state index is 6.18. The number of halogens is 1. The molecule has 0 spiro atoms. The predicted octanol–water partition coefficient (Wildman–Crippen LogP) is 3.90. The summed E-state index contributed by atoms with van der Waals surface area (Å²) in [7, 11) is 0. The van der Waals surface area contributed by atoms with Gasteiger partial charge in [0.1, 0.15) is 0 Å². The highest BCUT2D eigenvalue weighted by Crippen LogP contribution is 2.43. The number of nitrogens with one attached hydrogen (secondary N) is 1. The Morgan fingerprint density at radius 3 is 2.72 bits per heavy atom. The highest BCUT2D eigenvalue weighted by Gasteiger charge is 2.36. The SMILES string of the molecule is Cc1c(Cl)ccc2c(C3(CN)CCCC3)c[nH]c12. The van der Waals surface area contributed by atoms with Gasteiger partial charge < -0.3 is 10.7 Å². The molecule has 0 radical (unpaired) electrons. The molecule has 1 heterocycles. The quantitative estimate of drug-likeness (QED) is 0.847. The number of benzene rings is 1. The second-order valence-corrected chi connectivity index (χ2v) is 5.90. The van der Waals surface area contributed by atoms with Crippen LogP contribution in [0.1, 0.15) is 36.8 Å². The molecular formula is C15H19ClN2. The Labute approximate surface area is 113 Å². The monoisotopic (exact) mass is 262 g/mol. The van der Waals surface area contributed by atoms with Gasteiger partial charge in [-0.15, -0.1) is 0 Å². The molecule has 18 heavy (non-hydrogen) atoms. The zero-order chi connectivity index (χ0) is 12.8. The molecule has 2 nitrogen and oxygen atoms in total. The third kappa shape index (κ3) is 1.59. The number of nitrogens with two attached hydrogens (primary N) is 1. The fraction of sp³-hybridized carbons (Fsp3) is 0.467. The summed E-state index contributed by atoms with van der Waals surface area (Å²) in [4.78, 5) is 3.39. The van der Waals surface area contributed by atoms with Gasteiger partial charge >= 0.3 is 0 Å². The number of hydrogen-bond donors (Lipinski definition) is 2. The molecule has 0 aliphatic heterocycles. The smallest absolute Gasteiger partial charge is 0.0501 e. The van der Waals surface area contributed by atoms with E-state index in [-0.39, 0.29) is 5.41 Å². The Hall–Kier alpha value is -0.990. The lowest BCUT2D eigenvalue weighted by molar-refractivity contribution is 0.457. The molecule has 3 N–H and O–H groups in total. The molecule has 1 aromatic heterocycles. The van der Waals surface area contributed by atoms with Crippen molar-refractivity contribution in [3.05, 3.63) is 34.5 Å². The molecular weight excluding hydrogens is 244 g/mol. The Bertz CT molecular complexity index is 579. The third-order valence-electron chi connectivity index (χ3n) is 4.57. The van der Waals surface area contributed by atoms with Crippen molar-refractivity contribution in [2.75, 3.05) is 6.54 Å². The van der Waals surface area contributed by atoms with Crippen LogP contribution in [0.25, 0.3) is 10.9 Å². The van der Waals surface area contributed by atoms with E-state index in [4.69, 9.17) is 17.3 Å². The zero-order valence-corrected chi connectivity index (χ0v) is 11.5. The van der Waals surface area contributed by atoms with E-state index < -0.39 is 0 Å². The standard InChI is InChI=1S/C15H19ClN2/c1-10-13(16)5-4-11-12(8-18-14(10)11)15(9-17)6-2-3-7-15/h4-5,8,18H,2-3,6-7,9,17H2,1H3. The molecule has 96 valence electrons. The van der Waals surface area contributed by atoms with Crippen LogP contribution in [-0.4, -0.2) is 11.5 Å². The van der Waals surface area contributed by atoms with Gasteiger partial charge in [0.2, 0.25) is 0 Å². The molecule has 0 saturated heterocycles. The molecule has 3 heteroatoms. The lowest BCUT2D eigenvalue weighted by atomic mass is 9.79. The summed E-state index contributed by atoms with van der Waals surface area (Å²) in [5, 5.41) is 2.12. The maximum Gasteiger partial charge on any atom is 0.0501 e. The van der Waals surface area contributed by atoms with Gasteiger partial charge in [-0.1, -0.05) is 30.5 Å². The van der Waals surface area contributed by atoms with Gasteiger partial charge in [0, 0.05) is 28.6 Å². The Balaban J connectivity index is 2.21. The van der Waals surface area contributed by atoms with E-state index in [2.05, 4.69) is 24.2 Å². The topological polar surface area (TPSA) is 41.8 Å². The van der Waals surface area contributed by atoms with Crippen molar-refractivity contribution in [1.82, 2.24) is 4.98 Å². The van der Waals surface area contributed by atoms with E-state index in [1.807, 2.05) is 6.07 Å². The predicted molar refractivity (Wildman–Crippen MR) is 77.2 cm³/mol. The fourth-order valence-electron chi connectivity index (χ4n) is 3.39. The molecule has 0 unspecified atom stereocenters. The second-order valence-electron chi connectivity index (χ2n) is 5.49. The van der Waals surface area contributed by atoms with Crippen LogP contribution in [0.3, 0.4) is 0 Å². The van der Waals surface area contributed by atoms with Crippen molar-refractivity contribution in [2.45, 2.75) is 38.0 Å². The lowest BCUT2D eigenvalue weighted by Crippen LogP contribution is -2.31. The van der Waals surface area contributed by atoms with Crippen molar-refractivity contribution in [2.24, 2.45) is 5.73 Å². The highest BCUT2D eigenvalue weighted by atomic mass is 35.5. The summed E-state index contributed by atoms with van der Waals surface area (Å²) in [6, 6.07) is 4.13. The lowest BCUT2D eigenvalue weighted by Gasteiger charge is -2.27. The van der Waals surface area contributed by atoms with Crippen LogP contribution in [0, 0.1) is 6.92 Å². The fourth-order valence-corrected chi connectivity index (χ4v) is 3.55. The van der Waals surface area contributed by atoms with Gasteiger partial charge in [0.05, 0.1) is 5.52 Å². The maximum absolute atomic E-state index is 6.18. The molecule has 1 fully saturated rings. The molecule has 1 aliphatic carbocycles. The average molecular weight is 263 g/mol. The van der Waals surface area contributed by atoms with Crippen molar-refractivity contribution >= 4 is 22.5 Å². The van der Waals surface area contributed by atoms with Crippen LogP contribution in [0.2, 0.25) is 5.02 Å². The van der Waals surface area contributed by atoms with Gasteiger partial charge in [-0.2, -0.15) is 0 Å². The second kappa shape index (κ2) is 4.29. The number of aryl methyl sites for hydroxylation is 1. The zero-order valence-electron chi connectivity index (χ0n) is 10.7. The van der Waals surface area contributed by atoms with Crippen molar-refractivity contribution in [3.63, 3.8) is 0 Å². The summed E-state index contributed by atoms with van der Waals surface area (Å²) in [6.07, 6.45) is 7.13. The van der Waals surface area contributed by atoms with Crippen LogP contribution in [0.15, 0.2) is 18.3 Å². The van der Waals surface area contributed by atoms with E-state index in [9.17, 15) is 0 Å². The van der Waals surface area contributed by atoms with Crippen LogP contribution in [0.4, 0.5) is 0 Å². The minimum atomic E-state index is 0.179. The normalized spacial score (nSPS) is 18.6. The number of fused-ring (bicyclic) bond motifs is 1. The van der Waals surface area contributed by atoms with Crippen molar-refractivity contribution in [3.8, 4) is 0 Å². The summed E-state index contributed by atoms with van der Waals surface area (Å²) >= 11 is 6.18. The first kappa shape index (κ1) is 12.1. The van der Waals surface area contributed by atoms with Crippen molar-refractivity contribution in [1.29, 1.82) is 0 Å². The first-order chi connectivity index (χ1) is 8.68. The molecule has 3 rings (SSSR count). The summed E-state index contributed by atoms with van der Waals surface area (Å²) in [6.45, 7) is 2.80. The summed E-state index contributed by atoms with van der Waals surface area (Å²) < 4.78 is 0. The molecule has 2 aromatic rings. The van der Waals surface area contributed by atoms with Gasteiger partial charge in [0.25, 0.3) is 0 Å². The van der Waals surface area contributed by atoms with Crippen LogP contribution < -0.4 is 5.73 Å². The Kier molecular flexibility index (Phi) is 2.87. The molecule has 0 bridgehead atoms. The van der Waals surface area contributed by atoms with E-state index in [0.717, 1.165) is 22.6 Å². The molecule has 1 saturated carbocycles. The minimum absolute atomic E-state index is 0.179. The first-order valence-corrected chi connectivity index (χ1v) is 7.02. The molecule has 1 aliphatic rings. The highest BCUT2D eigenvalue weighted by molar-refractivity contribution is 6.32. The number of aromatic nitrogens is 1. The third-order valence-corrected chi connectivity index (χ3v) is 4.98. The van der Waals surface area contributed by atoms with E-state index in [1.165, 1.54) is 36.6 Å². The van der Waals surface area contributed by atoms with E-state index in [0.29, 0.717) is 0 Å². The molecule has 0 atom stereocenters. The largest absolute Gasteiger partial charge is 0.361 e. The van der Waals surface area contributed by atoms with Crippen LogP contribution in [-0.2, 0) is 5.41 Å². The van der Waals surface area contributed by atoms with Gasteiger partial charge in [0.15, 0.2) is 0 Å². The first-order valence-electron chi connectivity index (χ1n) is 6.65. The summed E-state index contributed by atoms with van der Waals surface area (Å²) in [5.41, 5.74) is 9.94. The van der Waals surface area contributed by atoms with Crippen molar-refractivity contribution < 1.29 is 0 Å². The number of H-pyrrole nitrogens is 1.